The lowest BCUT2D eigenvalue weighted by Gasteiger charge is -2.19. The Labute approximate surface area is 210 Å². The molecule has 0 unspecified atom stereocenters. The molecule has 2 heterocycles. The fourth-order valence-electron chi connectivity index (χ4n) is 3.93. The Balaban J connectivity index is 0.000000321. The third kappa shape index (κ3) is 6.84. The van der Waals surface area contributed by atoms with E-state index in [0.29, 0.717) is 11.8 Å². The first-order valence-corrected chi connectivity index (χ1v) is 12.1. The maximum atomic E-state index is 4.74. The van der Waals surface area contributed by atoms with Gasteiger partial charge in [0.1, 0.15) is 0 Å². The van der Waals surface area contributed by atoms with Crippen LogP contribution in [-0.4, -0.2) is 10.7 Å². The van der Waals surface area contributed by atoms with Crippen molar-refractivity contribution < 1.29 is 0 Å². The van der Waals surface area contributed by atoms with Crippen molar-refractivity contribution in [3.63, 3.8) is 0 Å². The van der Waals surface area contributed by atoms with Gasteiger partial charge in [0.15, 0.2) is 0 Å². The van der Waals surface area contributed by atoms with Crippen LogP contribution >= 0.6 is 0 Å². The maximum Gasteiger partial charge on any atom is 0.0668 e. The van der Waals surface area contributed by atoms with E-state index < -0.39 is 0 Å². The van der Waals surface area contributed by atoms with Crippen molar-refractivity contribution in [2.45, 2.75) is 107 Å². The molecule has 0 bridgehead atoms. The molecule has 0 spiro atoms. The molecule has 0 radical (unpaired) electrons. The highest BCUT2D eigenvalue weighted by Crippen LogP contribution is 2.33. The summed E-state index contributed by atoms with van der Waals surface area (Å²) in [6.07, 6.45) is 1.04. The van der Waals surface area contributed by atoms with Gasteiger partial charge in [-0.1, -0.05) is 108 Å². The van der Waals surface area contributed by atoms with Crippen LogP contribution in [0.2, 0.25) is 0 Å². The van der Waals surface area contributed by atoms with Gasteiger partial charge in [-0.25, -0.2) is 0 Å². The molecule has 0 saturated carbocycles. The first kappa shape index (κ1) is 29.7. The molecule has 0 amide bonds. The van der Waals surface area contributed by atoms with Gasteiger partial charge in [0.2, 0.25) is 0 Å². The Morgan fingerprint density at radius 3 is 1.82 bits per heavy atom. The quantitative estimate of drug-likeness (QED) is 0.392. The van der Waals surface area contributed by atoms with Crippen LogP contribution in [0.5, 0.6) is 0 Å². The Morgan fingerprint density at radius 2 is 1.29 bits per heavy atom. The van der Waals surface area contributed by atoms with Crippen LogP contribution in [-0.2, 0) is 17.3 Å². The van der Waals surface area contributed by atoms with Crippen molar-refractivity contribution in [1.82, 2.24) is 4.98 Å². The van der Waals surface area contributed by atoms with Gasteiger partial charge in [-0.15, -0.1) is 0 Å². The van der Waals surface area contributed by atoms with Gasteiger partial charge in [0.05, 0.1) is 5.69 Å². The van der Waals surface area contributed by atoms with Crippen molar-refractivity contribution in [3.05, 3.63) is 64.8 Å². The fraction of sp³-hybridized carbons (Fsp3) is 0.531. The van der Waals surface area contributed by atoms with Crippen LogP contribution in [0.15, 0.2) is 47.5 Å². The number of nitrogens with one attached hydrogen (secondary N) is 1. The van der Waals surface area contributed by atoms with E-state index in [-0.39, 0.29) is 25.7 Å². The van der Waals surface area contributed by atoms with E-state index in [1.54, 1.807) is 0 Å². The lowest BCUT2D eigenvalue weighted by Crippen LogP contribution is -2.10. The Bertz CT molecular complexity index is 1110. The molecule has 1 aliphatic heterocycles. The molecule has 0 saturated heterocycles. The summed E-state index contributed by atoms with van der Waals surface area (Å²) in [6.45, 7) is 22.4. The third-order valence-corrected chi connectivity index (χ3v) is 6.38. The molecule has 0 aliphatic carbocycles. The molecule has 1 aromatic heterocycles. The summed E-state index contributed by atoms with van der Waals surface area (Å²) < 4.78 is 0. The standard InChI is InChI=1S/2C15H21N.2CH4/c2*1-10(2)13-8-11-6-7-12(15(3,4)5)9-14(11)16-13;;/h6-7,9-10H,8H2,1-5H3;6-10,16H,1-5H3;2*1H4. The van der Waals surface area contributed by atoms with E-state index >= 15 is 0 Å². The van der Waals surface area contributed by atoms with E-state index in [9.17, 15) is 0 Å². The summed E-state index contributed by atoms with van der Waals surface area (Å²) in [7, 11) is 0. The molecule has 1 N–H and O–H groups in total. The summed E-state index contributed by atoms with van der Waals surface area (Å²) in [5.41, 5.74) is 9.67. The van der Waals surface area contributed by atoms with Gasteiger partial charge in [-0.2, -0.15) is 0 Å². The minimum atomic E-state index is 0. The van der Waals surface area contributed by atoms with Gasteiger partial charge in [-0.05, 0) is 62.9 Å². The molecule has 4 rings (SSSR count). The molecule has 34 heavy (non-hydrogen) atoms. The number of hydrogen-bond donors (Lipinski definition) is 1. The van der Waals surface area contributed by atoms with Gasteiger partial charge in [0.25, 0.3) is 0 Å². The number of aliphatic imine (C=N–C) groups is 1. The van der Waals surface area contributed by atoms with Gasteiger partial charge >= 0.3 is 0 Å². The number of aromatic nitrogens is 1. The second kappa shape index (κ2) is 10.9. The molecule has 188 valence electrons. The van der Waals surface area contributed by atoms with Crippen LogP contribution in [0.3, 0.4) is 0 Å². The minimum absolute atomic E-state index is 0. The van der Waals surface area contributed by atoms with Crippen LogP contribution in [0, 0.1) is 5.92 Å². The minimum Gasteiger partial charge on any atom is -0.358 e. The van der Waals surface area contributed by atoms with E-state index in [2.05, 4.69) is 117 Å². The predicted octanol–water partition coefficient (Wildman–Crippen LogP) is 10.1. The molecule has 0 atom stereocenters. The van der Waals surface area contributed by atoms with E-state index in [4.69, 9.17) is 4.99 Å². The third-order valence-electron chi connectivity index (χ3n) is 6.38. The molecule has 2 heteroatoms. The maximum absolute atomic E-state index is 4.74. The lowest BCUT2D eigenvalue weighted by atomic mass is 9.86. The number of nitrogens with zero attached hydrogens (tertiary/aromatic N) is 1. The highest BCUT2D eigenvalue weighted by Gasteiger charge is 2.20. The fourth-order valence-corrected chi connectivity index (χ4v) is 3.93. The summed E-state index contributed by atoms with van der Waals surface area (Å²) in [5.74, 6) is 1.12. The van der Waals surface area contributed by atoms with Gasteiger partial charge in [0, 0.05) is 23.3 Å². The van der Waals surface area contributed by atoms with Gasteiger partial charge in [-0.3, -0.25) is 4.99 Å². The first-order chi connectivity index (χ1) is 14.8. The normalized spacial score (nSPS) is 13.1. The molecular weight excluding hydrogens is 412 g/mol. The highest BCUT2D eigenvalue weighted by atomic mass is 14.8. The van der Waals surface area contributed by atoms with Crippen molar-refractivity contribution >= 4 is 22.3 Å². The zero-order valence-corrected chi connectivity index (χ0v) is 21.9. The number of rotatable bonds is 2. The number of fused-ring (bicyclic) bond motifs is 2. The van der Waals surface area contributed by atoms with E-state index in [1.165, 1.54) is 44.7 Å². The van der Waals surface area contributed by atoms with Gasteiger partial charge < -0.3 is 4.98 Å². The van der Waals surface area contributed by atoms with E-state index in [0.717, 1.165) is 6.42 Å². The second-order valence-corrected chi connectivity index (χ2v) is 12.0. The Hall–Kier alpha value is -2.35. The van der Waals surface area contributed by atoms with Crippen LogP contribution in [0.1, 0.15) is 112 Å². The van der Waals surface area contributed by atoms with Crippen molar-refractivity contribution in [2.24, 2.45) is 10.9 Å². The topological polar surface area (TPSA) is 28.1 Å². The number of benzene rings is 2. The summed E-state index contributed by atoms with van der Waals surface area (Å²) in [4.78, 5) is 8.25. The number of H-pyrrole nitrogens is 1. The van der Waals surface area contributed by atoms with Crippen molar-refractivity contribution in [1.29, 1.82) is 0 Å². The SMILES string of the molecule is C.C.CC(C)C1=Nc2cc(C(C)(C)C)ccc2C1.CC(C)c1cc2ccc(C(C)(C)C)cc2[nH]1. The molecule has 2 aromatic carbocycles. The second-order valence-electron chi connectivity index (χ2n) is 12.0. The summed E-state index contributed by atoms with van der Waals surface area (Å²) in [6, 6.07) is 15.7. The first-order valence-electron chi connectivity index (χ1n) is 12.1. The van der Waals surface area contributed by atoms with E-state index in [1.807, 2.05) is 0 Å². The summed E-state index contributed by atoms with van der Waals surface area (Å²) in [5, 5.41) is 1.32. The average Bonchev–Trinajstić information content (AvgIpc) is 3.30. The number of hydrogen-bond acceptors (Lipinski definition) is 1. The molecule has 3 aromatic rings. The van der Waals surface area contributed by atoms with Crippen LogP contribution in [0.25, 0.3) is 10.9 Å². The highest BCUT2D eigenvalue weighted by molar-refractivity contribution is 5.95. The van der Waals surface area contributed by atoms with Crippen molar-refractivity contribution in [2.75, 3.05) is 0 Å². The monoisotopic (exact) mass is 462 g/mol. The van der Waals surface area contributed by atoms with Crippen molar-refractivity contribution in [3.8, 4) is 0 Å². The molecule has 2 nitrogen and oxygen atoms in total. The summed E-state index contributed by atoms with van der Waals surface area (Å²) >= 11 is 0. The molecular formula is C32H50N2. The lowest BCUT2D eigenvalue weighted by molar-refractivity contribution is 0.590. The average molecular weight is 463 g/mol. The van der Waals surface area contributed by atoms with Crippen LogP contribution < -0.4 is 0 Å². The smallest absolute Gasteiger partial charge is 0.0668 e. The predicted molar refractivity (Wildman–Crippen MR) is 155 cm³/mol. The molecule has 1 aliphatic rings. The largest absolute Gasteiger partial charge is 0.358 e. The molecule has 0 fully saturated rings. The Morgan fingerprint density at radius 1 is 0.735 bits per heavy atom. The Kier molecular flexibility index (Phi) is 9.54. The zero-order chi connectivity index (χ0) is 23.8. The zero-order valence-electron chi connectivity index (χ0n) is 21.9. The number of aromatic amines is 1. The van der Waals surface area contributed by atoms with Crippen LogP contribution in [0.4, 0.5) is 5.69 Å².